The molecule has 3 rings (SSSR count). The largest absolute Gasteiger partial charge is 0.495 e. The molecule has 0 bridgehead atoms. The van der Waals surface area contributed by atoms with Crippen LogP contribution in [0.3, 0.4) is 0 Å². The number of para-hydroxylation sites is 1. The molecule has 0 aliphatic carbocycles. The molecule has 0 radical (unpaired) electrons. The second-order valence-corrected chi connectivity index (χ2v) is 5.79. The van der Waals surface area contributed by atoms with Gasteiger partial charge in [-0.3, -0.25) is 9.59 Å². The number of amides is 1. The fourth-order valence-corrected chi connectivity index (χ4v) is 2.88. The van der Waals surface area contributed by atoms with Crippen molar-refractivity contribution in [3.05, 3.63) is 58.7 Å². The summed E-state index contributed by atoms with van der Waals surface area (Å²) in [4.78, 5) is 26.8. The topological polar surface area (TPSA) is 46.6 Å². The minimum Gasteiger partial charge on any atom is -0.495 e. The predicted molar refractivity (Wildman–Crippen MR) is 89.5 cm³/mol. The zero-order valence-corrected chi connectivity index (χ0v) is 13.6. The summed E-state index contributed by atoms with van der Waals surface area (Å²) in [6.45, 7) is 4.37. The van der Waals surface area contributed by atoms with E-state index in [1.807, 2.05) is 32.0 Å². The number of carbonyl (C=O) groups is 2. The Morgan fingerprint density at radius 3 is 2.61 bits per heavy atom. The van der Waals surface area contributed by atoms with Crippen LogP contribution in [-0.2, 0) is 0 Å². The number of carbonyl (C=O) groups excluding carboxylic acids is 2. The van der Waals surface area contributed by atoms with E-state index in [1.165, 1.54) is 0 Å². The van der Waals surface area contributed by atoms with Crippen molar-refractivity contribution < 1.29 is 14.3 Å². The van der Waals surface area contributed by atoms with Crippen LogP contribution in [0.15, 0.2) is 36.4 Å². The third-order valence-electron chi connectivity index (χ3n) is 4.35. The van der Waals surface area contributed by atoms with Gasteiger partial charge in [0.2, 0.25) is 0 Å². The highest BCUT2D eigenvalue weighted by Crippen LogP contribution is 2.37. The van der Waals surface area contributed by atoms with Crippen molar-refractivity contribution in [1.82, 2.24) is 0 Å². The van der Waals surface area contributed by atoms with Crippen LogP contribution < -0.4 is 9.64 Å². The maximum Gasteiger partial charge on any atom is 0.258 e. The van der Waals surface area contributed by atoms with Crippen LogP contribution >= 0.6 is 0 Å². The van der Waals surface area contributed by atoms with Crippen molar-refractivity contribution in [1.29, 1.82) is 0 Å². The Morgan fingerprint density at radius 1 is 1.13 bits per heavy atom. The molecule has 1 aliphatic rings. The Balaban J connectivity index is 2.08. The van der Waals surface area contributed by atoms with Crippen molar-refractivity contribution in [3.63, 3.8) is 0 Å². The fraction of sp³-hybridized carbons (Fsp3) is 0.263. The van der Waals surface area contributed by atoms with Crippen LogP contribution in [0.1, 0.15) is 38.3 Å². The van der Waals surface area contributed by atoms with E-state index in [0.717, 1.165) is 11.1 Å². The summed E-state index contributed by atoms with van der Waals surface area (Å²) in [5.41, 5.74) is 3.97. The van der Waals surface area contributed by atoms with Gasteiger partial charge in [-0.25, -0.2) is 0 Å². The maximum absolute atomic E-state index is 13.0. The van der Waals surface area contributed by atoms with E-state index < -0.39 is 0 Å². The molecule has 1 heterocycles. The molecule has 2 aromatic carbocycles. The van der Waals surface area contributed by atoms with Crippen molar-refractivity contribution >= 4 is 17.4 Å². The molecule has 0 unspecified atom stereocenters. The molecular weight excluding hydrogens is 290 g/mol. The van der Waals surface area contributed by atoms with E-state index in [2.05, 4.69) is 0 Å². The Bertz CT molecular complexity index is 795. The molecule has 0 N–H and O–H groups in total. The van der Waals surface area contributed by atoms with E-state index in [4.69, 9.17) is 4.74 Å². The third-order valence-corrected chi connectivity index (χ3v) is 4.35. The van der Waals surface area contributed by atoms with Gasteiger partial charge in [0.25, 0.3) is 5.91 Å². The molecule has 1 amide bonds. The average Bonchev–Trinajstić information content (AvgIpc) is 2.57. The minimum absolute atomic E-state index is 0.0445. The van der Waals surface area contributed by atoms with Gasteiger partial charge in [-0.2, -0.15) is 0 Å². The van der Waals surface area contributed by atoms with Gasteiger partial charge in [-0.05, 0) is 49.2 Å². The van der Waals surface area contributed by atoms with E-state index in [1.54, 1.807) is 30.2 Å². The monoisotopic (exact) mass is 309 g/mol. The lowest BCUT2D eigenvalue weighted by Crippen LogP contribution is -2.37. The third kappa shape index (κ3) is 2.61. The summed E-state index contributed by atoms with van der Waals surface area (Å²) >= 11 is 0. The lowest BCUT2D eigenvalue weighted by molar-refractivity contribution is 0.0954. The number of methoxy groups -OCH3 is 1. The molecule has 0 saturated carbocycles. The number of fused-ring (bicyclic) bond motifs is 1. The Morgan fingerprint density at radius 2 is 1.91 bits per heavy atom. The number of ketones is 1. The van der Waals surface area contributed by atoms with Crippen LogP contribution in [0, 0.1) is 13.8 Å². The lowest BCUT2D eigenvalue weighted by Gasteiger charge is -2.30. The number of hydrogen-bond acceptors (Lipinski definition) is 3. The molecule has 4 nitrogen and oxygen atoms in total. The lowest BCUT2D eigenvalue weighted by atomic mass is 9.98. The molecule has 0 atom stereocenters. The highest BCUT2D eigenvalue weighted by molar-refractivity contribution is 6.14. The van der Waals surface area contributed by atoms with Gasteiger partial charge in [0.15, 0.2) is 5.78 Å². The van der Waals surface area contributed by atoms with E-state index >= 15 is 0 Å². The predicted octanol–water partition coefficient (Wildman–Crippen LogP) is 3.55. The summed E-state index contributed by atoms with van der Waals surface area (Å²) in [5.74, 6) is 0.488. The van der Waals surface area contributed by atoms with Crippen molar-refractivity contribution in [2.24, 2.45) is 0 Å². The number of anilines is 1. The molecular formula is C19H19NO3. The number of benzene rings is 2. The Labute approximate surface area is 135 Å². The molecule has 118 valence electrons. The summed E-state index contributed by atoms with van der Waals surface area (Å²) in [6, 6.07) is 11.0. The minimum atomic E-state index is -0.105. The smallest absolute Gasteiger partial charge is 0.258 e. The van der Waals surface area contributed by atoms with Crippen molar-refractivity contribution in [2.75, 3.05) is 18.6 Å². The Hall–Kier alpha value is -2.62. The van der Waals surface area contributed by atoms with Crippen LogP contribution in [0.4, 0.5) is 5.69 Å². The first kappa shape index (κ1) is 15.3. The van der Waals surface area contributed by atoms with Gasteiger partial charge in [0.05, 0.1) is 12.8 Å². The van der Waals surface area contributed by atoms with E-state index in [0.29, 0.717) is 35.5 Å². The van der Waals surface area contributed by atoms with Crippen LogP contribution in [0.5, 0.6) is 5.75 Å². The summed E-state index contributed by atoms with van der Waals surface area (Å²) in [5, 5.41) is 0. The zero-order valence-electron chi connectivity index (χ0n) is 13.6. The zero-order chi connectivity index (χ0) is 16.6. The molecule has 1 aliphatic heterocycles. The van der Waals surface area contributed by atoms with Crippen LogP contribution in [0.2, 0.25) is 0 Å². The molecule has 4 heteroatoms. The summed E-state index contributed by atoms with van der Waals surface area (Å²) in [7, 11) is 1.55. The molecule has 23 heavy (non-hydrogen) atoms. The summed E-state index contributed by atoms with van der Waals surface area (Å²) < 4.78 is 5.37. The van der Waals surface area contributed by atoms with Crippen molar-refractivity contribution in [3.8, 4) is 5.75 Å². The summed E-state index contributed by atoms with van der Waals surface area (Å²) in [6.07, 6.45) is 0.330. The molecule has 0 spiro atoms. The number of rotatable bonds is 2. The van der Waals surface area contributed by atoms with Crippen LogP contribution in [-0.4, -0.2) is 25.3 Å². The van der Waals surface area contributed by atoms with E-state index in [9.17, 15) is 9.59 Å². The number of ether oxygens (including phenoxy) is 1. The number of hydrogen-bond donors (Lipinski definition) is 0. The first-order chi connectivity index (χ1) is 11.0. The average molecular weight is 309 g/mol. The SMILES string of the molecule is COc1cccc2c1N(C(=O)c1ccc(C)c(C)c1)CCC2=O. The highest BCUT2D eigenvalue weighted by atomic mass is 16.5. The molecule has 2 aromatic rings. The fourth-order valence-electron chi connectivity index (χ4n) is 2.88. The first-order valence-electron chi connectivity index (χ1n) is 7.62. The number of nitrogens with zero attached hydrogens (tertiary/aromatic N) is 1. The molecule has 0 aromatic heterocycles. The molecule has 0 fully saturated rings. The van der Waals surface area contributed by atoms with Crippen molar-refractivity contribution in [2.45, 2.75) is 20.3 Å². The standard InChI is InChI=1S/C19H19NO3/c1-12-7-8-14(11-13(12)2)19(22)20-10-9-16(21)15-5-4-6-17(23-3)18(15)20/h4-8,11H,9-10H2,1-3H3. The maximum atomic E-state index is 13.0. The number of Topliss-reactive ketones (excluding diaryl/α,β-unsaturated/α-hetero) is 1. The number of aryl methyl sites for hydroxylation is 2. The van der Waals surface area contributed by atoms with Gasteiger partial charge in [0, 0.05) is 24.1 Å². The quantitative estimate of drug-likeness (QED) is 0.852. The van der Waals surface area contributed by atoms with E-state index in [-0.39, 0.29) is 11.7 Å². The highest BCUT2D eigenvalue weighted by Gasteiger charge is 2.30. The van der Waals surface area contributed by atoms with Gasteiger partial charge in [-0.15, -0.1) is 0 Å². The molecule has 0 saturated heterocycles. The van der Waals surface area contributed by atoms with Crippen LogP contribution in [0.25, 0.3) is 0 Å². The van der Waals surface area contributed by atoms with Gasteiger partial charge >= 0.3 is 0 Å². The normalized spacial score (nSPS) is 13.7. The van der Waals surface area contributed by atoms with Gasteiger partial charge in [-0.1, -0.05) is 12.1 Å². The first-order valence-corrected chi connectivity index (χ1v) is 7.62. The van der Waals surface area contributed by atoms with Gasteiger partial charge in [0.1, 0.15) is 5.75 Å². The second kappa shape index (κ2) is 5.88. The Kier molecular flexibility index (Phi) is 3.90. The second-order valence-electron chi connectivity index (χ2n) is 5.79. The van der Waals surface area contributed by atoms with Gasteiger partial charge < -0.3 is 9.64 Å².